The normalized spacial score (nSPS) is 24.1. The van der Waals surface area contributed by atoms with Crippen molar-refractivity contribution < 1.29 is 4.79 Å². The standard InChI is InChI=1S/C17H26N2O/c1-13(11-14-7-3-2-4-8-14)19-17(20)16-10-6-5-9-15(16)12-18/h2-4,7-8,13,15-16H,5-6,9-12,18H2,1H3,(H,19,20). The molecule has 0 saturated heterocycles. The van der Waals surface area contributed by atoms with Gasteiger partial charge in [0.25, 0.3) is 0 Å². The molecule has 110 valence electrons. The van der Waals surface area contributed by atoms with Crippen LogP contribution in [0.5, 0.6) is 0 Å². The molecule has 3 unspecified atom stereocenters. The van der Waals surface area contributed by atoms with Crippen LogP contribution in [-0.4, -0.2) is 18.5 Å². The van der Waals surface area contributed by atoms with Crippen molar-refractivity contribution in [3.05, 3.63) is 35.9 Å². The molecule has 1 aliphatic rings. The van der Waals surface area contributed by atoms with E-state index in [2.05, 4.69) is 24.4 Å². The first-order valence-corrected chi connectivity index (χ1v) is 7.75. The van der Waals surface area contributed by atoms with Crippen LogP contribution in [0.25, 0.3) is 0 Å². The quantitative estimate of drug-likeness (QED) is 0.866. The van der Waals surface area contributed by atoms with Crippen LogP contribution in [0, 0.1) is 11.8 Å². The van der Waals surface area contributed by atoms with Gasteiger partial charge in [-0.3, -0.25) is 4.79 Å². The Balaban J connectivity index is 1.86. The average Bonchev–Trinajstić information content (AvgIpc) is 2.48. The Morgan fingerprint density at radius 3 is 2.70 bits per heavy atom. The molecule has 1 fully saturated rings. The smallest absolute Gasteiger partial charge is 0.223 e. The average molecular weight is 274 g/mol. The lowest BCUT2D eigenvalue weighted by Crippen LogP contribution is -2.43. The molecule has 1 amide bonds. The molecule has 1 aliphatic carbocycles. The first kappa shape index (κ1) is 15.0. The summed E-state index contributed by atoms with van der Waals surface area (Å²) in [5.41, 5.74) is 7.07. The molecule has 3 nitrogen and oxygen atoms in total. The van der Waals surface area contributed by atoms with Crippen LogP contribution >= 0.6 is 0 Å². The Labute approximate surface area is 121 Å². The molecule has 0 aliphatic heterocycles. The van der Waals surface area contributed by atoms with E-state index in [9.17, 15) is 4.79 Å². The fourth-order valence-electron chi connectivity index (χ4n) is 3.20. The highest BCUT2D eigenvalue weighted by Gasteiger charge is 2.30. The van der Waals surface area contributed by atoms with Crippen LogP contribution in [0.4, 0.5) is 0 Å². The summed E-state index contributed by atoms with van der Waals surface area (Å²) >= 11 is 0. The molecule has 3 heteroatoms. The van der Waals surface area contributed by atoms with E-state index < -0.39 is 0 Å². The van der Waals surface area contributed by atoms with E-state index in [1.807, 2.05) is 18.2 Å². The number of amides is 1. The summed E-state index contributed by atoms with van der Waals surface area (Å²) in [6.45, 7) is 2.70. The SMILES string of the molecule is CC(Cc1ccccc1)NC(=O)C1CCCCC1CN. The largest absolute Gasteiger partial charge is 0.353 e. The number of hydrogen-bond donors (Lipinski definition) is 2. The summed E-state index contributed by atoms with van der Waals surface area (Å²) < 4.78 is 0. The molecule has 2 rings (SSSR count). The van der Waals surface area contributed by atoms with Crippen molar-refractivity contribution in [2.45, 2.75) is 45.1 Å². The van der Waals surface area contributed by atoms with Crippen LogP contribution < -0.4 is 11.1 Å². The summed E-state index contributed by atoms with van der Waals surface area (Å²) in [5.74, 6) is 0.684. The van der Waals surface area contributed by atoms with E-state index >= 15 is 0 Å². The summed E-state index contributed by atoms with van der Waals surface area (Å²) in [6, 6.07) is 10.5. The summed E-state index contributed by atoms with van der Waals surface area (Å²) in [7, 11) is 0. The van der Waals surface area contributed by atoms with Gasteiger partial charge in [-0.05, 0) is 44.2 Å². The minimum absolute atomic E-state index is 0.118. The zero-order chi connectivity index (χ0) is 14.4. The highest BCUT2D eigenvalue weighted by Crippen LogP contribution is 2.29. The van der Waals surface area contributed by atoms with E-state index in [0.717, 1.165) is 25.7 Å². The van der Waals surface area contributed by atoms with Crippen molar-refractivity contribution >= 4 is 5.91 Å². The molecule has 3 atom stereocenters. The third-order valence-corrected chi connectivity index (χ3v) is 4.32. The number of benzene rings is 1. The molecule has 0 aromatic heterocycles. The number of carbonyl (C=O) groups excluding carboxylic acids is 1. The van der Waals surface area contributed by atoms with Crippen molar-refractivity contribution in [2.24, 2.45) is 17.6 Å². The minimum Gasteiger partial charge on any atom is -0.353 e. The van der Waals surface area contributed by atoms with E-state index in [-0.39, 0.29) is 17.9 Å². The highest BCUT2D eigenvalue weighted by molar-refractivity contribution is 5.79. The van der Waals surface area contributed by atoms with Crippen LogP contribution in [-0.2, 0) is 11.2 Å². The van der Waals surface area contributed by atoms with Gasteiger partial charge in [-0.2, -0.15) is 0 Å². The molecule has 1 aromatic carbocycles. The predicted octanol–water partition coefficient (Wildman–Crippen LogP) is 2.50. The van der Waals surface area contributed by atoms with Crippen molar-refractivity contribution in [3.8, 4) is 0 Å². The molecular formula is C17H26N2O. The fraction of sp³-hybridized carbons (Fsp3) is 0.588. The van der Waals surface area contributed by atoms with Gasteiger partial charge in [-0.15, -0.1) is 0 Å². The maximum atomic E-state index is 12.4. The highest BCUT2D eigenvalue weighted by atomic mass is 16.1. The second-order valence-electron chi connectivity index (χ2n) is 5.99. The Morgan fingerprint density at radius 1 is 1.30 bits per heavy atom. The Hall–Kier alpha value is -1.35. The Kier molecular flexibility index (Phi) is 5.60. The van der Waals surface area contributed by atoms with Crippen LogP contribution in [0.1, 0.15) is 38.2 Å². The lowest BCUT2D eigenvalue weighted by atomic mass is 9.78. The first-order chi connectivity index (χ1) is 9.70. The van der Waals surface area contributed by atoms with Gasteiger partial charge in [0.2, 0.25) is 5.91 Å². The van der Waals surface area contributed by atoms with E-state index in [1.165, 1.54) is 12.0 Å². The van der Waals surface area contributed by atoms with Crippen LogP contribution in [0.15, 0.2) is 30.3 Å². The van der Waals surface area contributed by atoms with Gasteiger partial charge in [0.05, 0.1) is 0 Å². The van der Waals surface area contributed by atoms with Gasteiger partial charge >= 0.3 is 0 Å². The fourth-order valence-corrected chi connectivity index (χ4v) is 3.20. The first-order valence-electron chi connectivity index (χ1n) is 7.75. The molecular weight excluding hydrogens is 248 g/mol. The summed E-state index contributed by atoms with van der Waals surface area (Å²) in [6.07, 6.45) is 5.34. The van der Waals surface area contributed by atoms with Gasteiger partial charge < -0.3 is 11.1 Å². The number of rotatable bonds is 5. The third kappa shape index (κ3) is 4.07. The van der Waals surface area contributed by atoms with Gasteiger partial charge in [0.15, 0.2) is 0 Å². The molecule has 0 spiro atoms. The van der Waals surface area contributed by atoms with Crippen molar-refractivity contribution in [1.29, 1.82) is 0 Å². The Bertz CT molecular complexity index is 418. The maximum absolute atomic E-state index is 12.4. The number of carbonyl (C=O) groups is 1. The summed E-state index contributed by atoms with van der Waals surface area (Å²) in [5, 5.41) is 3.17. The topological polar surface area (TPSA) is 55.1 Å². The Morgan fingerprint density at radius 2 is 2.00 bits per heavy atom. The van der Waals surface area contributed by atoms with Gasteiger partial charge in [-0.25, -0.2) is 0 Å². The number of nitrogens with one attached hydrogen (secondary N) is 1. The predicted molar refractivity (Wildman–Crippen MR) is 82.3 cm³/mol. The molecule has 3 N–H and O–H groups in total. The molecule has 1 saturated carbocycles. The zero-order valence-electron chi connectivity index (χ0n) is 12.3. The molecule has 20 heavy (non-hydrogen) atoms. The molecule has 0 bridgehead atoms. The number of nitrogens with two attached hydrogens (primary N) is 1. The van der Waals surface area contributed by atoms with Crippen LogP contribution in [0.2, 0.25) is 0 Å². The molecule has 0 radical (unpaired) electrons. The van der Waals surface area contributed by atoms with Crippen molar-refractivity contribution in [2.75, 3.05) is 6.54 Å². The van der Waals surface area contributed by atoms with Gasteiger partial charge in [-0.1, -0.05) is 43.2 Å². The number of hydrogen-bond acceptors (Lipinski definition) is 2. The maximum Gasteiger partial charge on any atom is 0.223 e. The molecule has 1 aromatic rings. The van der Waals surface area contributed by atoms with Gasteiger partial charge in [0.1, 0.15) is 0 Å². The minimum atomic E-state index is 0.118. The third-order valence-electron chi connectivity index (χ3n) is 4.32. The van der Waals surface area contributed by atoms with Gasteiger partial charge in [0, 0.05) is 12.0 Å². The molecule has 0 heterocycles. The zero-order valence-corrected chi connectivity index (χ0v) is 12.3. The summed E-state index contributed by atoms with van der Waals surface area (Å²) in [4.78, 5) is 12.4. The van der Waals surface area contributed by atoms with Crippen molar-refractivity contribution in [3.63, 3.8) is 0 Å². The monoisotopic (exact) mass is 274 g/mol. The lowest BCUT2D eigenvalue weighted by molar-refractivity contribution is -0.128. The van der Waals surface area contributed by atoms with Crippen molar-refractivity contribution in [1.82, 2.24) is 5.32 Å². The van der Waals surface area contributed by atoms with E-state index in [1.54, 1.807) is 0 Å². The second-order valence-corrected chi connectivity index (χ2v) is 5.99. The van der Waals surface area contributed by atoms with Crippen LogP contribution in [0.3, 0.4) is 0 Å². The lowest BCUT2D eigenvalue weighted by Gasteiger charge is -2.30. The van der Waals surface area contributed by atoms with E-state index in [0.29, 0.717) is 12.5 Å². The second kappa shape index (κ2) is 7.44. The van der Waals surface area contributed by atoms with E-state index in [4.69, 9.17) is 5.73 Å².